The summed E-state index contributed by atoms with van der Waals surface area (Å²) in [5.41, 5.74) is 0.739. The molecule has 0 aromatic carbocycles. The van der Waals surface area contributed by atoms with Gasteiger partial charge in [-0.15, -0.1) is 0 Å². The number of carbonyl (C=O) groups is 3. The van der Waals surface area contributed by atoms with Crippen LogP contribution >= 0.6 is 0 Å². The van der Waals surface area contributed by atoms with Crippen LogP contribution in [0.3, 0.4) is 0 Å². The van der Waals surface area contributed by atoms with E-state index in [-0.39, 0.29) is 18.4 Å². The molecular weight excluding hydrogens is 208 g/mol. The number of carbonyl (C=O) groups excluding carboxylic acids is 3. The zero-order valence-electron chi connectivity index (χ0n) is 8.47. The van der Waals surface area contributed by atoms with Gasteiger partial charge in [-0.25, -0.2) is 0 Å². The number of fused-ring (bicyclic) bond motifs is 3. The van der Waals surface area contributed by atoms with Gasteiger partial charge in [0, 0.05) is 12.1 Å². The second-order valence-corrected chi connectivity index (χ2v) is 4.13. The molecule has 2 atom stereocenters. The van der Waals surface area contributed by atoms with Crippen molar-refractivity contribution in [3.63, 3.8) is 0 Å². The van der Waals surface area contributed by atoms with Crippen molar-refractivity contribution < 1.29 is 14.4 Å². The van der Waals surface area contributed by atoms with Gasteiger partial charge < -0.3 is 5.32 Å². The van der Waals surface area contributed by atoms with Gasteiger partial charge in [0.15, 0.2) is 0 Å². The van der Waals surface area contributed by atoms with E-state index >= 15 is 0 Å². The van der Waals surface area contributed by atoms with Crippen molar-refractivity contribution in [1.82, 2.24) is 10.2 Å². The van der Waals surface area contributed by atoms with Gasteiger partial charge in [0.05, 0.1) is 6.04 Å². The van der Waals surface area contributed by atoms with E-state index in [0.29, 0.717) is 6.42 Å². The van der Waals surface area contributed by atoms with E-state index in [0.717, 1.165) is 5.70 Å². The molecule has 3 aliphatic rings. The van der Waals surface area contributed by atoms with Crippen molar-refractivity contribution in [3.8, 4) is 0 Å². The van der Waals surface area contributed by atoms with E-state index in [9.17, 15) is 14.4 Å². The number of piperazine rings is 1. The molecule has 1 aliphatic carbocycles. The van der Waals surface area contributed by atoms with Crippen molar-refractivity contribution in [2.75, 3.05) is 0 Å². The fourth-order valence-electron chi connectivity index (χ4n) is 2.40. The van der Waals surface area contributed by atoms with Crippen LogP contribution in [-0.2, 0) is 14.4 Å². The predicted octanol–water partition coefficient (Wildman–Crippen LogP) is -0.501. The van der Waals surface area contributed by atoms with E-state index in [1.807, 2.05) is 12.2 Å². The second kappa shape index (κ2) is 3.04. The molecule has 16 heavy (non-hydrogen) atoms. The Morgan fingerprint density at radius 3 is 2.94 bits per heavy atom. The number of Topliss-reactive ketones (excluding diaryl/α,β-unsaturated/α-hetero) is 1. The van der Waals surface area contributed by atoms with Crippen LogP contribution in [0.15, 0.2) is 23.9 Å². The lowest BCUT2D eigenvalue weighted by Crippen LogP contribution is -2.57. The molecule has 2 heterocycles. The van der Waals surface area contributed by atoms with Crippen LogP contribution in [0.4, 0.5) is 0 Å². The average molecular weight is 218 g/mol. The summed E-state index contributed by atoms with van der Waals surface area (Å²) < 4.78 is 0. The largest absolute Gasteiger partial charge is 0.346 e. The number of allylic oxidation sites excluding steroid dienone is 2. The van der Waals surface area contributed by atoms with E-state index < -0.39 is 17.7 Å². The Morgan fingerprint density at radius 1 is 1.31 bits per heavy atom. The lowest BCUT2D eigenvalue weighted by atomic mass is 9.99. The van der Waals surface area contributed by atoms with E-state index in [4.69, 9.17) is 0 Å². The van der Waals surface area contributed by atoms with Crippen LogP contribution in [0, 0.1) is 0 Å². The first-order chi connectivity index (χ1) is 7.68. The first-order valence-electron chi connectivity index (χ1n) is 5.22. The highest BCUT2D eigenvalue weighted by atomic mass is 16.2. The van der Waals surface area contributed by atoms with E-state index in [1.165, 1.54) is 4.90 Å². The Morgan fingerprint density at radius 2 is 2.12 bits per heavy atom. The fourth-order valence-corrected chi connectivity index (χ4v) is 2.40. The molecule has 82 valence electrons. The van der Waals surface area contributed by atoms with Gasteiger partial charge in [-0.2, -0.15) is 0 Å². The predicted molar refractivity (Wildman–Crippen MR) is 54.0 cm³/mol. The average Bonchev–Trinajstić information content (AvgIpc) is 2.57. The summed E-state index contributed by atoms with van der Waals surface area (Å²) in [5.74, 6) is -1.25. The zero-order valence-corrected chi connectivity index (χ0v) is 8.47. The van der Waals surface area contributed by atoms with Crippen LogP contribution in [0.5, 0.6) is 0 Å². The Kier molecular flexibility index (Phi) is 1.77. The van der Waals surface area contributed by atoms with Gasteiger partial charge in [0.1, 0.15) is 6.04 Å². The highest BCUT2D eigenvalue weighted by Gasteiger charge is 2.49. The molecule has 5 nitrogen and oxygen atoms in total. The Bertz CT molecular complexity index is 464. The van der Waals surface area contributed by atoms with Gasteiger partial charge in [-0.1, -0.05) is 12.2 Å². The van der Waals surface area contributed by atoms with Crippen LogP contribution in [0.25, 0.3) is 0 Å². The first kappa shape index (κ1) is 9.33. The molecule has 3 rings (SSSR count). The topological polar surface area (TPSA) is 66.5 Å². The number of nitrogens with one attached hydrogen (secondary N) is 1. The molecule has 0 bridgehead atoms. The number of rotatable bonds is 0. The van der Waals surface area contributed by atoms with E-state index in [1.54, 1.807) is 6.08 Å². The normalized spacial score (nSPS) is 32.1. The molecule has 0 aromatic heterocycles. The second-order valence-electron chi connectivity index (χ2n) is 4.13. The molecule has 0 spiro atoms. The summed E-state index contributed by atoms with van der Waals surface area (Å²) in [6.45, 7) is 0. The number of hydrogen-bond acceptors (Lipinski definition) is 3. The van der Waals surface area contributed by atoms with Crippen molar-refractivity contribution >= 4 is 17.6 Å². The summed E-state index contributed by atoms with van der Waals surface area (Å²) in [6.07, 6.45) is 6.23. The lowest BCUT2D eigenvalue weighted by Gasteiger charge is -2.37. The number of hydrogen-bond donors (Lipinski definition) is 1. The van der Waals surface area contributed by atoms with Crippen LogP contribution in [0.1, 0.15) is 12.8 Å². The minimum Gasteiger partial charge on any atom is -0.346 e. The SMILES string of the molecule is O=C1CC2C(=O)NC3CC=CC=C3N2C1=O. The monoisotopic (exact) mass is 218 g/mol. The molecule has 2 unspecified atom stereocenters. The van der Waals surface area contributed by atoms with Crippen molar-refractivity contribution in [1.29, 1.82) is 0 Å². The number of ketones is 1. The van der Waals surface area contributed by atoms with Crippen molar-refractivity contribution in [2.24, 2.45) is 0 Å². The van der Waals surface area contributed by atoms with Crippen LogP contribution < -0.4 is 5.32 Å². The maximum absolute atomic E-state index is 11.7. The fraction of sp³-hybridized carbons (Fsp3) is 0.364. The summed E-state index contributed by atoms with van der Waals surface area (Å²) in [6, 6.07) is -0.794. The van der Waals surface area contributed by atoms with Gasteiger partial charge in [0.2, 0.25) is 11.7 Å². The summed E-state index contributed by atoms with van der Waals surface area (Å²) in [7, 11) is 0. The minimum atomic E-state index is -0.631. The highest BCUT2D eigenvalue weighted by molar-refractivity contribution is 6.40. The Balaban J connectivity index is 2.06. The number of nitrogens with zero attached hydrogens (tertiary/aromatic N) is 1. The molecule has 2 aliphatic heterocycles. The Hall–Kier alpha value is -1.91. The van der Waals surface area contributed by atoms with Gasteiger partial charge in [-0.05, 0) is 12.5 Å². The minimum absolute atomic E-state index is 0.00155. The Labute approximate surface area is 91.8 Å². The molecular formula is C11H10N2O3. The summed E-state index contributed by atoms with van der Waals surface area (Å²) in [4.78, 5) is 36.1. The quantitative estimate of drug-likeness (QED) is 0.557. The molecule has 2 amide bonds. The lowest BCUT2D eigenvalue weighted by molar-refractivity contribution is -0.141. The van der Waals surface area contributed by atoms with Crippen LogP contribution in [0.2, 0.25) is 0 Å². The standard InChI is InChI=1S/C11H10N2O3/c14-9-5-8-10(15)12-6-3-1-2-4-7(6)13(8)11(9)16/h1-2,4,6,8H,3,5H2,(H,12,15). The first-order valence-corrected chi connectivity index (χ1v) is 5.22. The molecule has 2 saturated heterocycles. The third-order valence-electron chi connectivity index (χ3n) is 3.18. The molecule has 1 N–H and O–H groups in total. The summed E-state index contributed by atoms with van der Waals surface area (Å²) >= 11 is 0. The maximum atomic E-state index is 11.7. The maximum Gasteiger partial charge on any atom is 0.295 e. The third-order valence-corrected chi connectivity index (χ3v) is 3.18. The zero-order chi connectivity index (χ0) is 11.3. The molecule has 0 saturated carbocycles. The van der Waals surface area contributed by atoms with E-state index in [2.05, 4.69) is 5.32 Å². The van der Waals surface area contributed by atoms with Crippen LogP contribution in [-0.4, -0.2) is 34.6 Å². The molecule has 2 fully saturated rings. The number of amides is 2. The van der Waals surface area contributed by atoms with Crippen molar-refractivity contribution in [3.05, 3.63) is 23.9 Å². The van der Waals surface area contributed by atoms with Gasteiger partial charge >= 0.3 is 0 Å². The smallest absolute Gasteiger partial charge is 0.295 e. The van der Waals surface area contributed by atoms with Gasteiger partial charge in [0.25, 0.3) is 5.91 Å². The molecule has 0 aromatic rings. The van der Waals surface area contributed by atoms with Crippen molar-refractivity contribution in [2.45, 2.75) is 24.9 Å². The van der Waals surface area contributed by atoms with Gasteiger partial charge in [-0.3, -0.25) is 19.3 Å². The summed E-state index contributed by atoms with van der Waals surface area (Å²) in [5, 5.41) is 2.83. The highest BCUT2D eigenvalue weighted by Crippen LogP contribution is 2.30. The molecule has 5 heteroatoms. The third kappa shape index (κ3) is 1.08. The molecule has 0 radical (unpaired) electrons.